The minimum atomic E-state index is -0.397. The summed E-state index contributed by atoms with van der Waals surface area (Å²) in [5.74, 6) is 0.649. The van der Waals surface area contributed by atoms with Gasteiger partial charge in [0.05, 0.1) is 18.2 Å². The van der Waals surface area contributed by atoms with Crippen molar-refractivity contribution >= 4 is 29.1 Å². The Hall–Kier alpha value is -0.930. The Morgan fingerprint density at radius 1 is 1.37 bits per heavy atom. The molecule has 0 heterocycles. The fourth-order valence-electron chi connectivity index (χ4n) is 1.81. The van der Waals surface area contributed by atoms with E-state index in [1.54, 1.807) is 18.2 Å². The minimum Gasteiger partial charge on any atom is -0.496 e. The van der Waals surface area contributed by atoms with Gasteiger partial charge in [-0.25, -0.2) is 0 Å². The summed E-state index contributed by atoms with van der Waals surface area (Å²) in [6.07, 6.45) is 1.53. The van der Waals surface area contributed by atoms with E-state index in [9.17, 15) is 4.79 Å². The van der Waals surface area contributed by atoms with Gasteiger partial charge in [-0.3, -0.25) is 4.79 Å². The van der Waals surface area contributed by atoms with Gasteiger partial charge in [0.1, 0.15) is 5.75 Å². The Kier molecular flexibility index (Phi) is 5.95. The average Bonchev–Trinajstić information content (AvgIpc) is 2.44. The number of hydrogen-bond acceptors (Lipinski definition) is 2. The molecule has 0 radical (unpaired) electrons. The highest BCUT2D eigenvalue weighted by Gasteiger charge is 2.28. The zero-order chi connectivity index (χ0) is 14.5. The summed E-state index contributed by atoms with van der Waals surface area (Å²) in [5, 5.41) is 3.48. The van der Waals surface area contributed by atoms with E-state index in [0.717, 1.165) is 12.8 Å². The van der Waals surface area contributed by atoms with E-state index < -0.39 is 5.54 Å². The van der Waals surface area contributed by atoms with Crippen molar-refractivity contribution in [2.75, 3.05) is 13.0 Å². The molecule has 1 N–H and O–H groups in total. The van der Waals surface area contributed by atoms with Crippen LogP contribution < -0.4 is 10.1 Å². The molecule has 5 heteroatoms. The summed E-state index contributed by atoms with van der Waals surface area (Å²) in [5.41, 5.74) is 0.0257. The van der Waals surface area contributed by atoms with Crippen LogP contribution in [0, 0.1) is 0 Å². The van der Waals surface area contributed by atoms with Crippen LogP contribution in [0.2, 0.25) is 5.02 Å². The van der Waals surface area contributed by atoms with Gasteiger partial charge in [0, 0.05) is 10.9 Å². The maximum Gasteiger partial charge on any atom is 0.255 e. The molecule has 0 saturated heterocycles. The Labute approximate surface area is 124 Å². The maximum atomic E-state index is 12.4. The van der Waals surface area contributed by atoms with Crippen molar-refractivity contribution in [3.8, 4) is 5.75 Å². The number of hydrogen-bond donors (Lipinski definition) is 1. The highest BCUT2D eigenvalue weighted by atomic mass is 35.5. The summed E-state index contributed by atoms with van der Waals surface area (Å²) >= 11 is 11.9. The fourth-order valence-corrected chi connectivity index (χ4v) is 2.43. The first-order valence-corrected chi connectivity index (χ1v) is 7.15. The number of nitrogens with one attached hydrogen (secondary N) is 1. The van der Waals surface area contributed by atoms with Gasteiger partial charge >= 0.3 is 0 Å². The molecule has 0 aliphatic carbocycles. The van der Waals surface area contributed by atoms with Crippen molar-refractivity contribution < 1.29 is 9.53 Å². The molecule has 0 saturated carbocycles. The molecule has 3 nitrogen and oxygen atoms in total. The van der Waals surface area contributed by atoms with Crippen LogP contribution in [0.25, 0.3) is 0 Å². The number of carbonyl (C=O) groups excluding carboxylic acids is 1. The van der Waals surface area contributed by atoms with Gasteiger partial charge < -0.3 is 10.1 Å². The van der Waals surface area contributed by atoms with E-state index in [4.69, 9.17) is 27.9 Å². The molecule has 19 heavy (non-hydrogen) atoms. The van der Waals surface area contributed by atoms with E-state index in [-0.39, 0.29) is 5.91 Å². The third-order valence-electron chi connectivity index (χ3n) is 3.39. The third kappa shape index (κ3) is 3.77. The number of amides is 1. The lowest BCUT2D eigenvalue weighted by Crippen LogP contribution is -2.49. The SMILES string of the molecule is CCC(CC)(CCl)NC(=O)c1cc(Cl)ccc1OC. The second-order valence-corrected chi connectivity index (χ2v) is 5.12. The normalized spacial score (nSPS) is 11.2. The van der Waals surface area contributed by atoms with Crippen LogP contribution in [0.3, 0.4) is 0 Å². The van der Waals surface area contributed by atoms with Crippen LogP contribution in [-0.4, -0.2) is 24.4 Å². The molecule has 0 spiro atoms. The van der Waals surface area contributed by atoms with Gasteiger partial charge in [-0.1, -0.05) is 25.4 Å². The number of rotatable bonds is 6. The molecule has 106 valence electrons. The Morgan fingerprint density at radius 3 is 2.47 bits per heavy atom. The lowest BCUT2D eigenvalue weighted by molar-refractivity contribution is 0.0899. The highest BCUT2D eigenvalue weighted by molar-refractivity contribution is 6.31. The third-order valence-corrected chi connectivity index (χ3v) is 4.14. The first-order valence-electron chi connectivity index (χ1n) is 6.24. The van der Waals surface area contributed by atoms with Crippen molar-refractivity contribution in [3.63, 3.8) is 0 Å². The summed E-state index contributed by atoms with van der Waals surface area (Å²) in [4.78, 5) is 12.4. The van der Waals surface area contributed by atoms with Crippen LogP contribution in [0.5, 0.6) is 5.75 Å². The quantitative estimate of drug-likeness (QED) is 0.810. The molecule has 0 aliphatic heterocycles. The zero-order valence-electron chi connectivity index (χ0n) is 11.4. The first-order chi connectivity index (χ1) is 9.01. The highest BCUT2D eigenvalue weighted by Crippen LogP contribution is 2.24. The van der Waals surface area contributed by atoms with Crippen molar-refractivity contribution in [1.82, 2.24) is 5.32 Å². The van der Waals surface area contributed by atoms with Crippen LogP contribution in [0.1, 0.15) is 37.0 Å². The van der Waals surface area contributed by atoms with E-state index in [0.29, 0.717) is 22.2 Å². The Balaban J connectivity index is 3.03. The van der Waals surface area contributed by atoms with Crippen LogP contribution in [-0.2, 0) is 0 Å². The smallest absolute Gasteiger partial charge is 0.255 e. The van der Waals surface area contributed by atoms with Crippen molar-refractivity contribution in [2.45, 2.75) is 32.2 Å². The van der Waals surface area contributed by atoms with Crippen LogP contribution in [0.15, 0.2) is 18.2 Å². The number of alkyl halides is 1. The summed E-state index contributed by atoms with van der Waals surface area (Å²) in [6, 6.07) is 4.96. The van der Waals surface area contributed by atoms with Gasteiger partial charge in [-0.2, -0.15) is 0 Å². The molecular weight excluding hydrogens is 285 g/mol. The molecular formula is C14H19Cl2NO2. The average molecular weight is 304 g/mol. The predicted octanol–water partition coefficient (Wildman–Crippen LogP) is 3.88. The lowest BCUT2D eigenvalue weighted by Gasteiger charge is -2.30. The molecule has 1 amide bonds. The molecule has 0 aliphatic rings. The maximum absolute atomic E-state index is 12.4. The van der Waals surface area contributed by atoms with Crippen LogP contribution in [0.4, 0.5) is 0 Å². The first kappa shape index (κ1) is 16.1. The van der Waals surface area contributed by atoms with Gasteiger partial charge in [-0.15, -0.1) is 11.6 Å². The second-order valence-electron chi connectivity index (χ2n) is 4.42. The standard InChI is InChI=1S/C14H19Cl2NO2/c1-4-14(5-2,9-15)17-13(18)11-8-10(16)6-7-12(11)19-3/h6-8H,4-5,9H2,1-3H3,(H,17,18). The number of benzene rings is 1. The number of halogens is 2. The number of ether oxygens (including phenoxy) is 1. The lowest BCUT2D eigenvalue weighted by atomic mass is 9.94. The zero-order valence-corrected chi connectivity index (χ0v) is 12.9. The van der Waals surface area contributed by atoms with E-state index in [1.807, 2.05) is 13.8 Å². The van der Waals surface area contributed by atoms with Crippen LogP contribution >= 0.6 is 23.2 Å². The minimum absolute atomic E-state index is 0.219. The number of carbonyl (C=O) groups is 1. The Morgan fingerprint density at radius 2 is 2.00 bits per heavy atom. The summed E-state index contributed by atoms with van der Waals surface area (Å²) in [7, 11) is 1.52. The predicted molar refractivity (Wildman–Crippen MR) is 79.5 cm³/mol. The van der Waals surface area contributed by atoms with E-state index >= 15 is 0 Å². The summed E-state index contributed by atoms with van der Waals surface area (Å²) in [6.45, 7) is 4.00. The van der Waals surface area contributed by atoms with Gasteiger partial charge in [0.15, 0.2) is 0 Å². The van der Waals surface area contributed by atoms with E-state index in [1.165, 1.54) is 7.11 Å². The molecule has 0 fully saturated rings. The molecule has 0 atom stereocenters. The molecule has 1 aromatic rings. The van der Waals surface area contributed by atoms with Gasteiger partial charge in [0.2, 0.25) is 0 Å². The largest absolute Gasteiger partial charge is 0.496 e. The molecule has 0 aromatic heterocycles. The molecule has 1 rings (SSSR count). The monoisotopic (exact) mass is 303 g/mol. The second kappa shape index (κ2) is 7.01. The molecule has 0 bridgehead atoms. The Bertz CT molecular complexity index is 437. The van der Waals surface area contributed by atoms with Crippen molar-refractivity contribution in [2.24, 2.45) is 0 Å². The van der Waals surface area contributed by atoms with Crippen molar-refractivity contribution in [1.29, 1.82) is 0 Å². The number of methoxy groups -OCH3 is 1. The van der Waals surface area contributed by atoms with Gasteiger partial charge in [-0.05, 0) is 31.0 Å². The summed E-state index contributed by atoms with van der Waals surface area (Å²) < 4.78 is 5.18. The topological polar surface area (TPSA) is 38.3 Å². The fraction of sp³-hybridized carbons (Fsp3) is 0.500. The van der Waals surface area contributed by atoms with Crippen molar-refractivity contribution in [3.05, 3.63) is 28.8 Å². The van der Waals surface area contributed by atoms with Gasteiger partial charge in [0.25, 0.3) is 5.91 Å². The van der Waals surface area contributed by atoms with E-state index in [2.05, 4.69) is 5.32 Å². The molecule has 0 unspecified atom stereocenters. The molecule has 1 aromatic carbocycles.